The van der Waals surface area contributed by atoms with Crippen LogP contribution in [0.1, 0.15) is 5.56 Å². The van der Waals surface area contributed by atoms with Crippen molar-refractivity contribution in [2.24, 2.45) is 0 Å². The minimum absolute atomic E-state index is 0.373. The summed E-state index contributed by atoms with van der Waals surface area (Å²) in [5.74, 6) is -0.378. The smallest absolute Gasteiger partial charge is 0.409 e. The summed E-state index contributed by atoms with van der Waals surface area (Å²) >= 11 is 0. The van der Waals surface area contributed by atoms with Crippen molar-refractivity contribution in [3.8, 4) is 11.1 Å². The largest absolute Gasteiger partial charge is 0.465 e. The summed E-state index contributed by atoms with van der Waals surface area (Å²) in [5, 5.41) is 11.0. The number of hydrogen-bond acceptors (Lipinski definition) is 1. The SMILES string of the molecule is Cc1ccc(NC(=O)O)c(-c2ccccc2F)c1. The highest BCUT2D eigenvalue weighted by atomic mass is 19.1. The molecule has 2 aromatic rings. The van der Waals surface area contributed by atoms with E-state index in [1.54, 1.807) is 36.4 Å². The first-order chi connectivity index (χ1) is 8.58. The van der Waals surface area contributed by atoms with Gasteiger partial charge in [0.2, 0.25) is 0 Å². The molecule has 2 N–H and O–H groups in total. The van der Waals surface area contributed by atoms with E-state index >= 15 is 0 Å². The zero-order chi connectivity index (χ0) is 13.1. The molecule has 2 rings (SSSR count). The van der Waals surface area contributed by atoms with Gasteiger partial charge < -0.3 is 5.11 Å². The van der Waals surface area contributed by atoms with Gasteiger partial charge >= 0.3 is 6.09 Å². The molecule has 0 aliphatic rings. The van der Waals surface area contributed by atoms with E-state index in [2.05, 4.69) is 5.32 Å². The Balaban J connectivity index is 2.58. The summed E-state index contributed by atoms with van der Waals surface area (Å²) in [6, 6.07) is 11.4. The van der Waals surface area contributed by atoms with Gasteiger partial charge in [-0.1, -0.05) is 29.8 Å². The zero-order valence-electron chi connectivity index (χ0n) is 9.77. The maximum absolute atomic E-state index is 13.7. The van der Waals surface area contributed by atoms with Crippen molar-refractivity contribution in [1.82, 2.24) is 0 Å². The van der Waals surface area contributed by atoms with Crippen LogP contribution in [0.5, 0.6) is 0 Å². The van der Waals surface area contributed by atoms with Crippen molar-refractivity contribution >= 4 is 11.8 Å². The number of nitrogens with one attached hydrogen (secondary N) is 1. The minimum Gasteiger partial charge on any atom is -0.465 e. The van der Waals surface area contributed by atoms with Crippen molar-refractivity contribution in [3.63, 3.8) is 0 Å². The topological polar surface area (TPSA) is 49.3 Å². The van der Waals surface area contributed by atoms with Crippen LogP contribution in [-0.2, 0) is 0 Å². The third kappa shape index (κ3) is 2.48. The second-order valence-corrected chi connectivity index (χ2v) is 3.96. The van der Waals surface area contributed by atoms with Gasteiger partial charge in [-0.25, -0.2) is 9.18 Å². The maximum atomic E-state index is 13.7. The van der Waals surface area contributed by atoms with Crippen LogP contribution in [0.25, 0.3) is 11.1 Å². The predicted octanol–water partition coefficient (Wildman–Crippen LogP) is 3.89. The molecule has 4 heteroatoms. The Morgan fingerprint density at radius 1 is 1.17 bits per heavy atom. The van der Waals surface area contributed by atoms with Crippen LogP contribution in [0.4, 0.5) is 14.9 Å². The molecule has 0 aliphatic carbocycles. The van der Waals surface area contributed by atoms with Crippen LogP contribution in [-0.4, -0.2) is 11.2 Å². The molecule has 0 heterocycles. The molecule has 0 saturated heterocycles. The van der Waals surface area contributed by atoms with Gasteiger partial charge in [0.1, 0.15) is 5.82 Å². The maximum Gasteiger partial charge on any atom is 0.409 e. The number of halogens is 1. The molecule has 92 valence electrons. The van der Waals surface area contributed by atoms with Crippen molar-refractivity contribution in [3.05, 3.63) is 53.8 Å². The Kier molecular flexibility index (Phi) is 3.28. The first kappa shape index (κ1) is 12.1. The molecule has 0 aliphatic heterocycles. The van der Waals surface area contributed by atoms with Crippen molar-refractivity contribution in [1.29, 1.82) is 0 Å². The van der Waals surface area contributed by atoms with Crippen molar-refractivity contribution in [2.75, 3.05) is 5.32 Å². The Hall–Kier alpha value is -2.36. The van der Waals surface area contributed by atoms with Gasteiger partial charge in [0.25, 0.3) is 0 Å². The van der Waals surface area contributed by atoms with Gasteiger partial charge in [0, 0.05) is 11.1 Å². The Bertz CT molecular complexity index is 596. The van der Waals surface area contributed by atoms with E-state index in [9.17, 15) is 9.18 Å². The Morgan fingerprint density at radius 3 is 2.56 bits per heavy atom. The average molecular weight is 245 g/mol. The number of hydrogen-bond donors (Lipinski definition) is 2. The highest BCUT2D eigenvalue weighted by Crippen LogP contribution is 2.30. The first-order valence-electron chi connectivity index (χ1n) is 5.43. The van der Waals surface area contributed by atoms with Gasteiger partial charge in [0.05, 0.1) is 5.69 Å². The van der Waals surface area contributed by atoms with Crippen LogP contribution < -0.4 is 5.32 Å². The Morgan fingerprint density at radius 2 is 1.89 bits per heavy atom. The van der Waals surface area contributed by atoms with Crippen molar-refractivity contribution in [2.45, 2.75) is 6.92 Å². The molecule has 0 saturated carbocycles. The van der Waals surface area contributed by atoms with Crippen molar-refractivity contribution < 1.29 is 14.3 Å². The summed E-state index contributed by atoms with van der Waals surface area (Å²) in [6.45, 7) is 1.87. The summed E-state index contributed by atoms with van der Waals surface area (Å²) in [5.41, 5.74) is 2.22. The Labute approximate surface area is 104 Å². The van der Waals surface area contributed by atoms with E-state index in [1.807, 2.05) is 6.92 Å². The van der Waals surface area contributed by atoms with E-state index in [1.165, 1.54) is 6.07 Å². The molecular formula is C14H12FNO2. The molecule has 2 aromatic carbocycles. The van der Waals surface area contributed by atoms with E-state index in [0.29, 0.717) is 16.8 Å². The van der Waals surface area contributed by atoms with Gasteiger partial charge in [-0.3, -0.25) is 5.32 Å². The van der Waals surface area contributed by atoms with Crippen LogP contribution >= 0.6 is 0 Å². The van der Waals surface area contributed by atoms with E-state index in [4.69, 9.17) is 5.11 Å². The summed E-state index contributed by atoms with van der Waals surface area (Å²) < 4.78 is 13.7. The molecule has 0 aromatic heterocycles. The predicted molar refractivity (Wildman–Crippen MR) is 68.2 cm³/mol. The first-order valence-corrected chi connectivity index (χ1v) is 5.43. The lowest BCUT2D eigenvalue weighted by atomic mass is 10.0. The standard InChI is InChI=1S/C14H12FNO2/c1-9-6-7-13(16-14(17)18)11(8-9)10-4-2-3-5-12(10)15/h2-8,16H,1H3,(H,17,18). The average Bonchev–Trinajstić information content (AvgIpc) is 2.32. The lowest BCUT2D eigenvalue weighted by Gasteiger charge is -2.11. The van der Waals surface area contributed by atoms with Gasteiger partial charge in [-0.15, -0.1) is 0 Å². The molecule has 0 fully saturated rings. The normalized spacial score (nSPS) is 10.1. The van der Waals surface area contributed by atoms with E-state index in [0.717, 1.165) is 5.56 Å². The third-order valence-corrected chi connectivity index (χ3v) is 2.58. The minimum atomic E-state index is -1.17. The number of aryl methyl sites for hydroxylation is 1. The monoisotopic (exact) mass is 245 g/mol. The number of benzene rings is 2. The molecule has 1 amide bonds. The molecular weight excluding hydrogens is 233 g/mol. The lowest BCUT2D eigenvalue weighted by Crippen LogP contribution is -2.08. The zero-order valence-corrected chi connectivity index (χ0v) is 9.77. The van der Waals surface area contributed by atoms with E-state index < -0.39 is 6.09 Å². The van der Waals surface area contributed by atoms with Gasteiger partial charge in [-0.05, 0) is 25.1 Å². The molecule has 18 heavy (non-hydrogen) atoms. The van der Waals surface area contributed by atoms with Crippen LogP contribution in [0.2, 0.25) is 0 Å². The van der Waals surface area contributed by atoms with Gasteiger partial charge in [0.15, 0.2) is 0 Å². The van der Waals surface area contributed by atoms with Gasteiger partial charge in [-0.2, -0.15) is 0 Å². The second-order valence-electron chi connectivity index (χ2n) is 3.96. The molecule has 0 spiro atoms. The van der Waals surface area contributed by atoms with Crippen LogP contribution in [0.3, 0.4) is 0 Å². The highest BCUT2D eigenvalue weighted by molar-refractivity contribution is 5.90. The molecule has 0 unspecified atom stereocenters. The summed E-state index contributed by atoms with van der Waals surface area (Å²) in [7, 11) is 0. The highest BCUT2D eigenvalue weighted by Gasteiger charge is 2.11. The fraction of sp³-hybridized carbons (Fsp3) is 0.0714. The quantitative estimate of drug-likeness (QED) is 0.843. The summed E-state index contributed by atoms with van der Waals surface area (Å²) in [4.78, 5) is 10.7. The molecule has 0 radical (unpaired) electrons. The number of rotatable bonds is 2. The number of anilines is 1. The van der Waals surface area contributed by atoms with Crippen LogP contribution in [0.15, 0.2) is 42.5 Å². The molecule has 0 bridgehead atoms. The van der Waals surface area contributed by atoms with Crippen LogP contribution in [0, 0.1) is 12.7 Å². The number of carboxylic acid groups (broad SMARTS) is 1. The number of carbonyl (C=O) groups is 1. The lowest BCUT2D eigenvalue weighted by molar-refractivity contribution is 0.210. The third-order valence-electron chi connectivity index (χ3n) is 2.58. The second kappa shape index (κ2) is 4.87. The fourth-order valence-corrected chi connectivity index (χ4v) is 1.78. The fourth-order valence-electron chi connectivity index (χ4n) is 1.78. The molecule has 0 atom stereocenters. The number of amides is 1. The van der Waals surface area contributed by atoms with E-state index in [-0.39, 0.29) is 5.82 Å². The summed E-state index contributed by atoms with van der Waals surface area (Å²) in [6.07, 6.45) is -1.17. The molecule has 3 nitrogen and oxygen atoms in total.